The summed E-state index contributed by atoms with van der Waals surface area (Å²) in [5.74, 6) is -0.272. The topological polar surface area (TPSA) is 58.4 Å². The molecular weight excluding hydrogens is 233 g/mol. The largest absolute Gasteiger partial charge is 0.360 e. The molecule has 0 radical (unpaired) electrons. The molecule has 1 heterocycles. The normalized spacial score (nSPS) is 17.6. The van der Waals surface area contributed by atoms with Gasteiger partial charge in [-0.1, -0.05) is 0 Å². The Morgan fingerprint density at radius 1 is 1.50 bits per heavy atom. The molecule has 18 heavy (non-hydrogen) atoms. The molecule has 1 aromatic carbocycles. The number of amides is 1. The molecular formula is C13H18FN3O. The van der Waals surface area contributed by atoms with E-state index < -0.39 is 0 Å². The number of nitrogens with zero attached hydrogens (tertiary/aromatic N) is 1. The second kappa shape index (κ2) is 4.94. The molecule has 4 nitrogen and oxygen atoms in total. The van der Waals surface area contributed by atoms with Crippen molar-refractivity contribution in [1.29, 1.82) is 0 Å². The van der Waals surface area contributed by atoms with Crippen molar-refractivity contribution >= 4 is 11.6 Å². The van der Waals surface area contributed by atoms with E-state index in [1.807, 2.05) is 11.8 Å². The third-order valence-corrected chi connectivity index (χ3v) is 3.18. The van der Waals surface area contributed by atoms with Crippen molar-refractivity contribution in [3.8, 4) is 0 Å². The van der Waals surface area contributed by atoms with E-state index in [1.165, 1.54) is 6.07 Å². The molecule has 0 saturated carbocycles. The molecule has 1 saturated heterocycles. The Labute approximate surface area is 106 Å². The number of hydrogen-bond donors (Lipinski definition) is 2. The maximum absolute atomic E-state index is 13.6. The van der Waals surface area contributed by atoms with Gasteiger partial charge in [0, 0.05) is 24.8 Å². The number of hydrogen-bond acceptors (Lipinski definition) is 3. The monoisotopic (exact) mass is 251 g/mol. The van der Waals surface area contributed by atoms with Gasteiger partial charge in [0.2, 0.25) is 5.91 Å². The Balaban J connectivity index is 2.41. The number of piperazine rings is 1. The molecule has 98 valence electrons. The highest BCUT2D eigenvalue weighted by Gasteiger charge is 2.21. The summed E-state index contributed by atoms with van der Waals surface area (Å²) in [6, 6.07) is 2.98. The fraction of sp³-hybridized carbons (Fsp3) is 0.462. The zero-order chi connectivity index (χ0) is 13.3. The van der Waals surface area contributed by atoms with Crippen molar-refractivity contribution in [3.63, 3.8) is 0 Å². The van der Waals surface area contributed by atoms with E-state index in [0.717, 1.165) is 17.8 Å². The van der Waals surface area contributed by atoms with Crippen LogP contribution in [-0.4, -0.2) is 25.5 Å². The van der Waals surface area contributed by atoms with E-state index in [4.69, 9.17) is 5.73 Å². The molecule has 0 spiro atoms. The predicted molar refractivity (Wildman–Crippen MR) is 69.0 cm³/mol. The van der Waals surface area contributed by atoms with E-state index in [1.54, 1.807) is 13.0 Å². The highest BCUT2D eigenvalue weighted by Crippen LogP contribution is 2.28. The molecule has 1 amide bonds. The van der Waals surface area contributed by atoms with E-state index in [9.17, 15) is 9.18 Å². The first-order valence-corrected chi connectivity index (χ1v) is 6.06. The summed E-state index contributed by atoms with van der Waals surface area (Å²) in [5, 5.41) is 2.77. The van der Waals surface area contributed by atoms with Gasteiger partial charge < -0.3 is 16.0 Å². The van der Waals surface area contributed by atoms with Gasteiger partial charge in [-0.25, -0.2) is 4.39 Å². The number of benzene rings is 1. The van der Waals surface area contributed by atoms with Crippen molar-refractivity contribution in [3.05, 3.63) is 29.1 Å². The lowest BCUT2D eigenvalue weighted by molar-refractivity contribution is -0.120. The zero-order valence-electron chi connectivity index (χ0n) is 10.7. The number of nitrogens with two attached hydrogens (primary N) is 1. The maximum Gasteiger partial charge on any atom is 0.239 e. The van der Waals surface area contributed by atoms with E-state index in [-0.39, 0.29) is 17.8 Å². The van der Waals surface area contributed by atoms with Crippen LogP contribution in [0.4, 0.5) is 10.1 Å². The predicted octanol–water partition coefficient (Wildman–Crippen LogP) is 1.09. The molecule has 0 aromatic heterocycles. The van der Waals surface area contributed by atoms with Crippen molar-refractivity contribution in [2.24, 2.45) is 5.73 Å². The van der Waals surface area contributed by atoms with Crippen LogP contribution in [-0.2, 0) is 4.79 Å². The number of nitrogens with one attached hydrogen (secondary N) is 1. The summed E-state index contributed by atoms with van der Waals surface area (Å²) in [6.45, 7) is 5.15. The van der Waals surface area contributed by atoms with Gasteiger partial charge in [0.1, 0.15) is 5.82 Å². The van der Waals surface area contributed by atoms with E-state index >= 15 is 0 Å². The van der Waals surface area contributed by atoms with Crippen LogP contribution in [0.15, 0.2) is 12.1 Å². The number of aryl methyl sites for hydroxylation is 1. The fourth-order valence-corrected chi connectivity index (χ4v) is 2.16. The van der Waals surface area contributed by atoms with Gasteiger partial charge in [-0.2, -0.15) is 0 Å². The van der Waals surface area contributed by atoms with Crippen LogP contribution < -0.4 is 16.0 Å². The Morgan fingerprint density at radius 3 is 2.83 bits per heavy atom. The van der Waals surface area contributed by atoms with Crippen LogP contribution in [0.1, 0.15) is 24.1 Å². The Hall–Kier alpha value is -1.62. The number of halogens is 1. The first kappa shape index (κ1) is 12.8. The molecule has 1 atom stereocenters. The quantitative estimate of drug-likeness (QED) is 0.827. The SMILES string of the molecule is Cc1cc(N2CCNC(=O)C2)c([C@H](C)N)cc1F. The first-order valence-electron chi connectivity index (χ1n) is 6.06. The standard InChI is InChI=1S/C13H18FN3O/c1-8-5-12(10(9(2)15)6-11(8)14)17-4-3-16-13(18)7-17/h5-6,9H,3-4,7,15H2,1-2H3,(H,16,18)/t9-/m0/s1. The van der Waals surface area contributed by atoms with Crippen molar-refractivity contribution in [2.75, 3.05) is 24.5 Å². The lowest BCUT2D eigenvalue weighted by Crippen LogP contribution is -2.48. The van der Waals surface area contributed by atoms with Gasteiger partial charge in [-0.3, -0.25) is 4.79 Å². The van der Waals surface area contributed by atoms with Crippen LogP contribution in [0, 0.1) is 12.7 Å². The third-order valence-electron chi connectivity index (χ3n) is 3.18. The second-order valence-electron chi connectivity index (χ2n) is 4.72. The summed E-state index contributed by atoms with van der Waals surface area (Å²) in [7, 11) is 0. The average Bonchev–Trinajstić information content (AvgIpc) is 2.31. The van der Waals surface area contributed by atoms with Crippen LogP contribution in [0.3, 0.4) is 0 Å². The van der Waals surface area contributed by atoms with Crippen LogP contribution in [0.25, 0.3) is 0 Å². The van der Waals surface area contributed by atoms with Gasteiger partial charge in [0.15, 0.2) is 0 Å². The van der Waals surface area contributed by atoms with E-state index in [0.29, 0.717) is 18.7 Å². The Kier molecular flexibility index (Phi) is 3.52. The fourth-order valence-electron chi connectivity index (χ4n) is 2.16. The van der Waals surface area contributed by atoms with Crippen LogP contribution in [0.5, 0.6) is 0 Å². The smallest absolute Gasteiger partial charge is 0.239 e. The van der Waals surface area contributed by atoms with Crippen LogP contribution >= 0.6 is 0 Å². The molecule has 1 aliphatic rings. The highest BCUT2D eigenvalue weighted by atomic mass is 19.1. The van der Waals surface area contributed by atoms with E-state index in [2.05, 4.69) is 5.32 Å². The second-order valence-corrected chi connectivity index (χ2v) is 4.72. The number of carbonyl (C=O) groups excluding carboxylic acids is 1. The molecule has 5 heteroatoms. The summed E-state index contributed by atoms with van der Waals surface area (Å²) in [6.07, 6.45) is 0. The van der Waals surface area contributed by atoms with Crippen molar-refractivity contribution in [2.45, 2.75) is 19.9 Å². The Morgan fingerprint density at radius 2 is 2.22 bits per heavy atom. The molecule has 0 unspecified atom stereocenters. The lowest BCUT2D eigenvalue weighted by atomic mass is 10.0. The van der Waals surface area contributed by atoms with Gasteiger partial charge in [0.25, 0.3) is 0 Å². The summed E-state index contributed by atoms with van der Waals surface area (Å²) < 4.78 is 13.6. The summed E-state index contributed by atoms with van der Waals surface area (Å²) in [4.78, 5) is 13.4. The van der Waals surface area contributed by atoms with Crippen LogP contribution in [0.2, 0.25) is 0 Å². The lowest BCUT2D eigenvalue weighted by Gasteiger charge is -2.31. The minimum Gasteiger partial charge on any atom is -0.360 e. The maximum atomic E-state index is 13.6. The van der Waals surface area contributed by atoms with Gasteiger partial charge in [-0.15, -0.1) is 0 Å². The molecule has 0 aliphatic carbocycles. The number of anilines is 1. The molecule has 2 rings (SSSR count). The minimum atomic E-state index is -0.264. The average molecular weight is 251 g/mol. The summed E-state index contributed by atoms with van der Waals surface area (Å²) in [5.41, 5.74) is 8.05. The third kappa shape index (κ3) is 2.46. The number of carbonyl (C=O) groups is 1. The summed E-state index contributed by atoms with van der Waals surface area (Å²) >= 11 is 0. The minimum absolute atomic E-state index is 0.0150. The van der Waals surface area contributed by atoms with Gasteiger partial charge in [-0.05, 0) is 37.1 Å². The zero-order valence-corrected chi connectivity index (χ0v) is 10.7. The van der Waals surface area contributed by atoms with Crippen molar-refractivity contribution in [1.82, 2.24) is 5.32 Å². The molecule has 3 N–H and O–H groups in total. The van der Waals surface area contributed by atoms with Gasteiger partial charge in [0.05, 0.1) is 6.54 Å². The number of rotatable bonds is 2. The molecule has 1 aliphatic heterocycles. The van der Waals surface area contributed by atoms with Crippen molar-refractivity contribution < 1.29 is 9.18 Å². The first-order chi connectivity index (χ1) is 8.49. The highest BCUT2D eigenvalue weighted by molar-refractivity contribution is 5.83. The molecule has 1 aromatic rings. The molecule has 0 bridgehead atoms. The van der Waals surface area contributed by atoms with Gasteiger partial charge >= 0.3 is 0 Å². The Bertz CT molecular complexity index is 474. The molecule has 1 fully saturated rings.